The van der Waals surface area contributed by atoms with Crippen LogP contribution in [0.15, 0.2) is 170 Å². The van der Waals surface area contributed by atoms with E-state index in [-0.39, 0.29) is 5.41 Å². The normalized spacial score (nSPS) is 16.3. The molecule has 1 aromatic heterocycles. The Bertz CT molecular complexity index is 2550. The van der Waals surface area contributed by atoms with E-state index < -0.39 is 0 Å². The molecule has 1 aliphatic heterocycles. The van der Waals surface area contributed by atoms with Crippen LogP contribution in [0.5, 0.6) is 0 Å². The van der Waals surface area contributed by atoms with Gasteiger partial charge in [-0.15, -0.1) is 11.3 Å². The van der Waals surface area contributed by atoms with Crippen LogP contribution in [0.4, 0.5) is 34.1 Å². The Kier molecular flexibility index (Phi) is 5.22. The molecule has 224 valence electrons. The lowest BCUT2D eigenvalue weighted by molar-refractivity contribution is 0.811. The first-order valence-corrected chi connectivity index (χ1v) is 17.4. The molecule has 2 heterocycles. The number of benzene rings is 7. The second-order valence-electron chi connectivity index (χ2n) is 12.9. The molecule has 7 aromatic carbocycles. The summed E-state index contributed by atoms with van der Waals surface area (Å²) < 4.78 is 1.35. The minimum Gasteiger partial charge on any atom is -0.306 e. The van der Waals surface area contributed by atoms with Gasteiger partial charge < -0.3 is 9.80 Å². The lowest BCUT2D eigenvalue weighted by Crippen LogP contribution is -2.25. The molecule has 1 spiro atoms. The highest BCUT2D eigenvalue weighted by Crippen LogP contribution is 2.66. The molecule has 0 bridgehead atoms. The van der Waals surface area contributed by atoms with Gasteiger partial charge in [-0.1, -0.05) is 115 Å². The van der Waals surface area contributed by atoms with Gasteiger partial charge in [0.05, 0.1) is 28.2 Å². The topological polar surface area (TPSA) is 6.48 Å². The lowest BCUT2D eigenvalue weighted by Gasteiger charge is -2.40. The van der Waals surface area contributed by atoms with E-state index in [1.165, 1.54) is 76.7 Å². The zero-order chi connectivity index (χ0) is 31.4. The van der Waals surface area contributed by atoms with Crippen LogP contribution in [0.25, 0.3) is 32.3 Å². The average molecular weight is 629 g/mol. The van der Waals surface area contributed by atoms with Crippen LogP contribution in [0.3, 0.4) is 0 Å². The van der Waals surface area contributed by atoms with Gasteiger partial charge in [0.1, 0.15) is 0 Å². The van der Waals surface area contributed by atoms with E-state index in [1.807, 2.05) is 11.3 Å². The molecule has 0 fully saturated rings. The molecule has 0 radical (unpaired) electrons. The molecule has 0 saturated carbocycles. The third-order valence-electron chi connectivity index (χ3n) is 10.6. The fourth-order valence-corrected chi connectivity index (χ4v) is 10.2. The van der Waals surface area contributed by atoms with Gasteiger partial charge in [0.2, 0.25) is 0 Å². The smallest absolute Gasteiger partial charge is 0.0819 e. The van der Waals surface area contributed by atoms with Crippen LogP contribution >= 0.6 is 11.3 Å². The largest absolute Gasteiger partial charge is 0.306 e. The molecule has 3 aliphatic rings. The number of thiophene rings is 1. The van der Waals surface area contributed by atoms with Gasteiger partial charge in [-0.3, -0.25) is 0 Å². The van der Waals surface area contributed by atoms with E-state index in [9.17, 15) is 0 Å². The summed E-state index contributed by atoms with van der Waals surface area (Å²) in [7, 11) is 0. The molecular weight excluding hydrogens is 601 g/mol. The van der Waals surface area contributed by atoms with Crippen molar-refractivity contribution in [3.8, 4) is 22.3 Å². The standard InChI is InChI=1S/C45H28N2S/c1-2-14-29(15-3-1)46-38-21-9-11-23-40(38)47(41-24-12-10-22-39(41)46)30-26-27-37-34(28-30)31-16-4-7-19-35(31)45(37)36-20-8-5-17-32(36)43-33-18-6-13-25-42(33)48-44(43)45/h1-28H. The summed E-state index contributed by atoms with van der Waals surface area (Å²) in [5, 5.41) is 1.36. The third-order valence-corrected chi connectivity index (χ3v) is 11.9. The number of hydrogen-bond donors (Lipinski definition) is 0. The summed E-state index contributed by atoms with van der Waals surface area (Å²) in [6, 6.07) is 62.6. The zero-order valence-electron chi connectivity index (χ0n) is 26.0. The van der Waals surface area contributed by atoms with Crippen LogP contribution in [0, 0.1) is 0 Å². The molecule has 0 saturated heterocycles. The van der Waals surface area contributed by atoms with Gasteiger partial charge in [-0.2, -0.15) is 0 Å². The molecule has 2 nitrogen and oxygen atoms in total. The Labute approximate surface area is 283 Å². The number of anilines is 6. The van der Waals surface area contributed by atoms with Crippen molar-refractivity contribution in [2.24, 2.45) is 0 Å². The monoisotopic (exact) mass is 628 g/mol. The minimum atomic E-state index is -0.345. The van der Waals surface area contributed by atoms with Gasteiger partial charge in [0.15, 0.2) is 0 Å². The van der Waals surface area contributed by atoms with Gasteiger partial charge in [-0.25, -0.2) is 0 Å². The number of hydrogen-bond acceptors (Lipinski definition) is 3. The highest BCUT2D eigenvalue weighted by atomic mass is 32.1. The van der Waals surface area contributed by atoms with Crippen LogP contribution in [0.1, 0.15) is 21.6 Å². The van der Waals surface area contributed by atoms with Crippen LogP contribution < -0.4 is 9.80 Å². The SMILES string of the molecule is c1ccc(N2c3ccccc3N(c3ccc4c(c3)-c3ccccc3C43c4ccccc4-c4c3sc3ccccc43)c3ccccc32)cc1. The van der Waals surface area contributed by atoms with E-state index >= 15 is 0 Å². The summed E-state index contributed by atoms with van der Waals surface area (Å²) in [4.78, 5) is 6.28. The van der Waals surface area contributed by atoms with Crippen molar-refractivity contribution in [1.82, 2.24) is 0 Å². The van der Waals surface area contributed by atoms with Gasteiger partial charge >= 0.3 is 0 Å². The fraction of sp³-hybridized carbons (Fsp3) is 0.0222. The quantitative estimate of drug-likeness (QED) is 0.188. The maximum Gasteiger partial charge on any atom is 0.0819 e. The van der Waals surface area contributed by atoms with Crippen LogP contribution in [0.2, 0.25) is 0 Å². The maximum atomic E-state index is 2.45. The van der Waals surface area contributed by atoms with Gasteiger partial charge in [-0.05, 0) is 88.0 Å². The predicted octanol–water partition coefficient (Wildman–Crippen LogP) is 12.5. The predicted molar refractivity (Wildman–Crippen MR) is 201 cm³/mol. The number of fused-ring (bicyclic) bond motifs is 14. The van der Waals surface area contributed by atoms with Crippen molar-refractivity contribution in [1.29, 1.82) is 0 Å². The number of para-hydroxylation sites is 5. The maximum absolute atomic E-state index is 2.45. The van der Waals surface area contributed by atoms with Crippen LogP contribution in [-0.4, -0.2) is 0 Å². The fourth-order valence-electron chi connectivity index (χ4n) is 8.75. The van der Waals surface area contributed by atoms with Crippen molar-refractivity contribution in [2.75, 3.05) is 9.80 Å². The third kappa shape index (κ3) is 3.21. The first kappa shape index (κ1) is 26.2. The molecular formula is C45H28N2S. The minimum absolute atomic E-state index is 0.345. The molecule has 0 N–H and O–H groups in total. The van der Waals surface area contributed by atoms with E-state index in [2.05, 4.69) is 180 Å². The Morgan fingerprint density at radius 1 is 0.396 bits per heavy atom. The molecule has 1 atom stereocenters. The van der Waals surface area contributed by atoms with Crippen molar-refractivity contribution in [2.45, 2.75) is 5.41 Å². The molecule has 8 aromatic rings. The van der Waals surface area contributed by atoms with Crippen LogP contribution in [-0.2, 0) is 5.41 Å². The summed E-state index contributed by atoms with van der Waals surface area (Å²) >= 11 is 1.96. The van der Waals surface area contributed by atoms with Crippen molar-refractivity contribution in [3.63, 3.8) is 0 Å². The molecule has 11 rings (SSSR count). The molecule has 48 heavy (non-hydrogen) atoms. The highest BCUT2D eigenvalue weighted by molar-refractivity contribution is 7.20. The number of rotatable bonds is 2. The highest BCUT2D eigenvalue weighted by Gasteiger charge is 2.53. The first-order chi connectivity index (χ1) is 23.8. The Balaban J connectivity index is 1.18. The second kappa shape index (κ2) is 9.57. The van der Waals surface area contributed by atoms with Crippen molar-refractivity contribution in [3.05, 3.63) is 191 Å². The molecule has 3 heteroatoms. The molecule has 0 amide bonds. The van der Waals surface area contributed by atoms with E-state index in [4.69, 9.17) is 0 Å². The van der Waals surface area contributed by atoms with E-state index in [1.54, 1.807) is 0 Å². The summed E-state index contributed by atoms with van der Waals surface area (Å²) in [6.45, 7) is 0. The Morgan fingerprint density at radius 3 is 1.62 bits per heavy atom. The number of nitrogens with zero attached hydrogens (tertiary/aromatic N) is 2. The average Bonchev–Trinajstić information content (AvgIpc) is 3.77. The summed E-state index contributed by atoms with van der Waals surface area (Å²) in [6.07, 6.45) is 0. The van der Waals surface area contributed by atoms with Gasteiger partial charge in [0, 0.05) is 31.9 Å². The summed E-state index contributed by atoms with van der Waals surface area (Å²) in [5.74, 6) is 0. The van der Waals surface area contributed by atoms with Crippen molar-refractivity contribution < 1.29 is 0 Å². The van der Waals surface area contributed by atoms with E-state index in [0.29, 0.717) is 0 Å². The zero-order valence-corrected chi connectivity index (χ0v) is 26.8. The first-order valence-electron chi connectivity index (χ1n) is 16.5. The summed E-state index contributed by atoms with van der Waals surface area (Å²) in [5.41, 5.74) is 16.2. The van der Waals surface area contributed by atoms with Gasteiger partial charge in [0.25, 0.3) is 0 Å². The molecule has 1 unspecified atom stereocenters. The second-order valence-corrected chi connectivity index (χ2v) is 13.9. The lowest BCUT2D eigenvalue weighted by atomic mass is 9.74. The molecule has 2 aliphatic carbocycles. The Hall–Kier alpha value is -5.90. The van der Waals surface area contributed by atoms with E-state index in [0.717, 1.165) is 11.4 Å². The Morgan fingerprint density at radius 2 is 0.917 bits per heavy atom. The van der Waals surface area contributed by atoms with Crippen molar-refractivity contribution >= 4 is 55.5 Å².